The van der Waals surface area contributed by atoms with Crippen LogP contribution in [0.2, 0.25) is 5.02 Å². The first-order valence-corrected chi connectivity index (χ1v) is 5.77. The zero-order chi connectivity index (χ0) is 13.3. The molecule has 108 valence electrons. The molecule has 0 unspecified atom stereocenters. The van der Waals surface area contributed by atoms with Crippen LogP contribution in [0.1, 0.15) is 17.2 Å². The van der Waals surface area contributed by atoms with Gasteiger partial charge in [0.15, 0.2) is 0 Å². The maximum absolute atomic E-state index is 13.8. The molecular formula is C11H12Cl2F4N2. The summed E-state index contributed by atoms with van der Waals surface area (Å²) in [6.45, 7) is 1.64. The number of rotatable bonds is 1. The van der Waals surface area contributed by atoms with Crippen molar-refractivity contribution in [3.8, 4) is 0 Å². The molecule has 0 saturated carbocycles. The number of piperazine rings is 1. The van der Waals surface area contributed by atoms with Gasteiger partial charge in [-0.3, -0.25) is 0 Å². The van der Waals surface area contributed by atoms with Gasteiger partial charge in [-0.05, 0) is 12.1 Å². The molecule has 2 rings (SSSR count). The van der Waals surface area contributed by atoms with E-state index in [0.29, 0.717) is 25.7 Å². The Labute approximate surface area is 118 Å². The number of alkyl halides is 3. The molecule has 1 aliphatic heterocycles. The van der Waals surface area contributed by atoms with E-state index in [1.54, 1.807) is 0 Å². The smallest absolute Gasteiger partial charge is 0.314 e. The molecule has 1 aromatic carbocycles. The zero-order valence-electron chi connectivity index (χ0n) is 9.65. The van der Waals surface area contributed by atoms with E-state index in [-0.39, 0.29) is 18.0 Å². The molecule has 19 heavy (non-hydrogen) atoms. The third-order valence-corrected chi connectivity index (χ3v) is 3.08. The first-order chi connectivity index (χ1) is 8.39. The highest BCUT2D eigenvalue weighted by Gasteiger charge is 2.33. The lowest BCUT2D eigenvalue weighted by molar-refractivity contribution is -0.137. The molecule has 1 aromatic rings. The van der Waals surface area contributed by atoms with E-state index in [0.717, 1.165) is 6.07 Å². The summed E-state index contributed by atoms with van der Waals surface area (Å²) in [4.78, 5) is 0. The molecule has 1 atom stereocenters. The van der Waals surface area contributed by atoms with Gasteiger partial charge in [-0.1, -0.05) is 11.6 Å². The molecule has 0 bridgehead atoms. The summed E-state index contributed by atoms with van der Waals surface area (Å²) in [6.07, 6.45) is -4.53. The highest BCUT2D eigenvalue weighted by molar-refractivity contribution is 6.30. The van der Waals surface area contributed by atoms with Crippen molar-refractivity contribution >= 4 is 24.0 Å². The number of halogens is 6. The summed E-state index contributed by atoms with van der Waals surface area (Å²) in [5, 5.41) is 5.43. The summed E-state index contributed by atoms with van der Waals surface area (Å²) < 4.78 is 51.7. The number of hydrogen-bond acceptors (Lipinski definition) is 2. The highest BCUT2D eigenvalue weighted by Crippen LogP contribution is 2.35. The zero-order valence-corrected chi connectivity index (χ0v) is 11.2. The summed E-state index contributed by atoms with van der Waals surface area (Å²) in [6, 6.07) is 0.918. The average molecular weight is 319 g/mol. The SMILES string of the molecule is Cl.Fc1c(Cl)cc(C(F)(F)F)cc1[C@@H]1CNCCN1. The van der Waals surface area contributed by atoms with Gasteiger partial charge >= 0.3 is 6.18 Å². The van der Waals surface area contributed by atoms with Crippen molar-refractivity contribution in [2.75, 3.05) is 19.6 Å². The van der Waals surface area contributed by atoms with Crippen molar-refractivity contribution in [2.45, 2.75) is 12.2 Å². The minimum Gasteiger partial charge on any atom is -0.314 e. The van der Waals surface area contributed by atoms with Gasteiger partial charge in [-0.25, -0.2) is 4.39 Å². The average Bonchev–Trinajstić information content (AvgIpc) is 2.32. The summed E-state index contributed by atoms with van der Waals surface area (Å²) in [7, 11) is 0. The van der Waals surface area contributed by atoms with Gasteiger partial charge < -0.3 is 10.6 Å². The van der Waals surface area contributed by atoms with Crippen LogP contribution in [0.15, 0.2) is 12.1 Å². The lowest BCUT2D eigenvalue weighted by atomic mass is 10.0. The first kappa shape index (κ1) is 16.5. The fourth-order valence-corrected chi connectivity index (χ4v) is 2.13. The van der Waals surface area contributed by atoms with Gasteiger partial charge in [0.25, 0.3) is 0 Å². The van der Waals surface area contributed by atoms with Crippen molar-refractivity contribution < 1.29 is 17.6 Å². The minimum absolute atomic E-state index is 0. The number of benzene rings is 1. The van der Waals surface area contributed by atoms with Crippen LogP contribution in [0.25, 0.3) is 0 Å². The molecule has 1 aliphatic rings. The van der Waals surface area contributed by atoms with Gasteiger partial charge in [0.05, 0.1) is 10.6 Å². The quantitative estimate of drug-likeness (QED) is 0.777. The Morgan fingerprint density at radius 3 is 2.42 bits per heavy atom. The predicted molar refractivity (Wildman–Crippen MR) is 67.3 cm³/mol. The second-order valence-electron chi connectivity index (χ2n) is 4.07. The van der Waals surface area contributed by atoms with E-state index in [2.05, 4.69) is 10.6 Å². The van der Waals surface area contributed by atoms with Crippen LogP contribution < -0.4 is 10.6 Å². The molecule has 2 N–H and O–H groups in total. The van der Waals surface area contributed by atoms with Crippen LogP contribution in [0.5, 0.6) is 0 Å². The molecular weight excluding hydrogens is 307 g/mol. The van der Waals surface area contributed by atoms with E-state index in [4.69, 9.17) is 11.6 Å². The lowest BCUT2D eigenvalue weighted by Gasteiger charge is -2.26. The van der Waals surface area contributed by atoms with Crippen LogP contribution >= 0.6 is 24.0 Å². The van der Waals surface area contributed by atoms with Crippen LogP contribution in [-0.4, -0.2) is 19.6 Å². The van der Waals surface area contributed by atoms with E-state index in [9.17, 15) is 17.6 Å². The Balaban J connectivity index is 0.00000180. The highest BCUT2D eigenvalue weighted by atomic mass is 35.5. The van der Waals surface area contributed by atoms with E-state index in [1.165, 1.54) is 0 Å². The molecule has 0 spiro atoms. The van der Waals surface area contributed by atoms with Gasteiger partial charge in [0.2, 0.25) is 0 Å². The maximum Gasteiger partial charge on any atom is 0.416 e. The Hall–Kier alpha value is -0.560. The Morgan fingerprint density at radius 1 is 1.21 bits per heavy atom. The second-order valence-corrected chi connectivity index (χ2v) is 4.48. The summed E-state index contributed by atoms with van der Waals surface area (Å²) in [5.74, 6) is -0.800. The molecule has 8 heteroatoms. The van der Waals surface area contributed by atoms with Crippen LogP contribution in [-0.2, 0) is 6.18 Å². The fraction of sp³-hybridized carbons (Fsp3) is 0.455. The molecule has 1 heterocycles. The molecule has 2 nitrogen and oxygen atoms in total. The summed E-state index contributed by atoms with van der Waals surface area (Å²) >= 11 is 5.52. The van der Waals surface area contributed by atoms with Crippen LogP contribution in [0, 0.1) is 5.82 Å². The topological polar surface area (TPSA) is 24.1 Å². The van der Waals surface area contributed by atoms with E-state index < -0.39 is 28.6 Å². The van der Waals surface area contributed by atoms with Crippen LogP contribution in [0.4, 0.5) is 17.6 Å². The molecule has 1 saturated heterocycles. The monoisotopic (exact) mass is 318 g/mol. The fourth-order valence-electron chi connectivity index (χ4n) is 1.90. The molecule has 0 amide bonds. The van der Waals surface area contributed by atoms with Gasteiger partial charge in [0, 0.05) is 31.2 Å². The Bertz CT molecular complexity index is 445. The van der Waals surface area contributed by atoms with Gasteiger partial charge in [0.1, 0.15) is 5.82 Å². The van der Waals surface area contributed by atoms with Crippen molar-refractivity contribution in [3.63, 3.8) is 0 Å². The van der Waals surface area contributed by atoms with E-state index >= 15 is 0 Å². The molecule has 0 radical (unpaired) electrons. The van der Waals surface area contributed by atoms with Crippen LogP contribution in [0.3, 0.4) is 0 Å². The normalized spacial score (nSPS) is 19.9. The van der Waals surface area contributed by atoms with Gasteiger partial charge in [-0.15, -0.1) is 12.4 Å². The first-order valence-electron chi connectivity index (χ1n) is 5.40. The van der Waals surface area contributed by atoms with Crippen molar-refractivity contribution in [1.82, 2.24) is 10.6 Å². The van der Waals surface area contributed by atoms with Crippen molar-refractivity contribution in [2.24, 2.45) is 0 Å². The maximum atomic E-state index is 13.8. The second kappa shape index (κ2) is 6.26. The van der Waals surface area contributed by atoms with Crippen molar-refractivity contribution in [3.05, 3.63) is 34.1 Å². The third kappa shape index (κ3) is 3.72. The largest absolute Gasteiger partial charge is 0.416 e. The van der Waals surface area contributed by atoms with E-state index in [1.807, 2.05) is 0 Å². The third-order valence-electron chi connectivity index (χ3n) is 2.80. The standard InChI is InChI=1S/C11H11ClF4N2.ClH/c12-8-4-6(11(14,15)16)3-7(10(8)13)9-5-17-1-2-18-9;/h3-4,9,17-18H,1-2,5H2;1H/t9-;/m0./s1. The van der Waals surface area contributed by atoms with Crippen molar-refractivity contribution in [1.29, 1.82) is 0 Å². The predicted octanol–water partition coefficient (Wildman–Crippen LogP) is 3.15. The lowest BCUT2D eigenvalue weighted by Crippen LogP contribution is -2.43. The minimum atomic E-state index is -4.53. The Kier molecular flexibility index (Phi) is 5.43. The molecule has 0 aromatic heterocycles. The summed E-state index contributed by atoms with van der Waals surface area (Å²) in [5.41, 5.74) is -0.988. The molecule has 0 aliphatic carbocycles. The number of hydrogen-bond donors (Lipinski definition) is 2. The Morgan fingerprint density at radius 2 is 1.89 bits per heavy atom. The molecule has 1 fully saturated rings. The van der Waals surface area contributed by atoms with Gasteiger partial charge in [-0.2, -0.15) is 13.2 Å². The number of nitrogens with one attached hydrogen (secondary N) is 2.